The van der Waals surface area contributed by atoms with Crippen molar-refractivity contribution in [1.82, 2.24) is 10.2 Å². The molecule has 0 aliphatic heterocycles. The summed E-state index contributed by atoms with van der Waals surface area (Å²) in [6.07, 6.45) is 6.46. The Labute approximate surface area is 112 Å². The Morgan fingerprint density at radius 3 is 2.47 bits per heavy atom. The summed E-state index contributed by atoms with van der Waals surface area (Å²) < 4.78 is 0. The summed E-state index contributed by atoms with van der Waals surface area (Å²) in [5.74, 6) is -0.495. The van der Waals surface area contributed by atoms with Crippen molar-refractivity contribution in [1.29, 1.82) is 0 Å². The van der Waals surface area contributed by atoms with E-state index in [1.165, 1.54) is 6.08 Å². The molecule has 0 radical (unpaired) electrons. The van der Waals surface area contributed by atoms with Crippen LogP contribution in [0.1, 0.15) is 32.6 Å². The second-order valence-electron chi connectivity index (χ2n) is 3.92. The lowest BCUT2D eigenvalue weighted by Gasteiger charge is -2.12. The van der Waals surface area contributed by atoms with Crippen molar-refractivity contribution >= 4 is 24.5 Å². The Morgan fingerprint density at radius 1 is 1.16 bits per heavy atom. The lowest BCUT2D eigenvalue weighted by atomic mass is 10.2. The van der Waals surface area contributed by atoms with Gasteiger partial charge in [0.1, 0.15) is 6.29 Å². The number of allylic oxidation sites excluding steroid dienone is 1. The standard InChI is InChI=1S/C13H20N2O4/c1-2-6-13(19)15(11-17)9-5-3-4-7-12(18)14-8-10-16/h2,6,10-11H,3-5,7-9H2,1H3,(H,14,18)/b6-2-. The van der Waals surface area contributed by atoms with Crippen LogP contribution in [0, 0.1) is 0 Å². The minimum atomic E-state index is -0.332. The van der Waals surface area contributed by atoms with Crippen molar-refractivity contribution in [2.75, 3.05) is 13.1 Å². The van der Waals surface area contributed by atoms with Crippen molar-refractivity contribution in [3.63, 3.8) is 0 Å². The zero-order valence-electron chi connectivity index (χ0n) is 11.1. The summed E-state index contributed by atoms with van der Waals surface area (Å²) in [7, 11) is 0. The highest BCUT2D eigenvalue weighted by Crippen LogP contribution is 2.02. The van der Waals surface area contributed by atoms with Gasteiger partial charge in [0.05, 0.1) is 6.54 Å². The van der Waals surface area contributed by atoms with E-state index >= 15 is 0 Å². The average Bonchev–Trinajstić information content (AvgIpc) is 2.40. The summed E-state index contributed by atoms with van der Waals surface area (Å²) >= 11 is 0. The zero-order chi connectivity index (χ0) is 14.5. The molecular weight excluding hydrogens is 248 g/mol. The molecule has 0 aliphatic carbocycles. The fourth-order valence-electron chi connectivity index (χ4n) is 1.44. The molecule has 6 nitrogen and oxygen atoms in total. The quantitative estimate of drug-likeness (QED) is 0.353. The van der Waals surface area contributed by atoms with Crippen molar-refractivity contribution in [2.45, 2.75) is 32.6 Å². The lowest BCUT2D eigenvalue weighted by Crippen LogP contribution is -2.29. The topological polar surface area (TPSA) is 83.6 Å². The minimum absolute atomic E-state index is 0.0373. The maximum absolute atomic E-state index is 11.4. The Balaban J connectivity index is 3.72. The third kappa shape index (κ3) is 8.70. The van der Waals surface area contributed by atoms with Gasteiger partial charge in [0.25, 0.3) is 5.91 Å². The Kier molecular flexibility index (Phi) is 9.97. The van der Waals surface area contributed by atoms with Gasteiger partial charge in [0.15, 0.2) is 0 Å². The molecule has 0 saturated carbocycles. The molecule has 6 heteroatoms. The first-order valence-corrected chi connectivity index (χ1v) is 6.24. The van der Waals surface area contributed by atoms with Crippen molar-refractivity contribution in [3.8, 4) is 0 Å². The van der Waals surface area contributed by atoms with Crippen LogP contribution in [-0.2, 0) is 19.2 Å². The first kappa shape index (κ1) is 17.0. The number of carbonyl (C=O) groups is 4. The van der Waals surface area contributed by atoms with E-state index in [9.17, 15) is 19.2 Å². The molecule has 19 heavy (non-hydrogen) atoms. The fourth-order valence-corrected chi connectivity index (χ4v) is 1.44. The average molecular weight is 268 g/mol. The maximum atomic E-state index is 11.4. The van der Waals surface area contributed by atoms with Gasteiger partial charge in [-0.05, 0) is 25.8 Å². The molecule has 0 spiro atoms. The van der Waals surface area contributed by atoms with E-state index in [4.69, 9.17) is 0 Å². The second-order valence-corrected chi connectivity index (χ2v) is 3.92. The molecule has 0 rings (SSSR count). The van der Waals surface area contributed by atoms with Gasteiger partial charge in [-0.15, -0.1) is 0 Å². The lowest BCUT2D eigenvalue weighted by molar-refractivity contribution is -0.134. The SMILES string of the molecule is C/C=C\C(=O)N(C=O)CCCCCC(=O)NCC=O. The highest BCUT2D eigenvalue weighted by atomic mass is 16.2. The summed E-state index contributed by atoms with van der Waals surface area (Å²) in [5.41, 5.74) is 0. The number of imide groups is 1. The van der Waals surface area contributed by atoms with Crippen LogP contribution in [0.25, 0.3) is 0 Å². The number of carbonyl (C=O) groups excluding carboxylic acids is 4. The van der Waals surface area contributed by atoms with Crippen LogP contribution >= 0.6 is 0 Å². The van der Waals surface area contributed by atoms with Gasteiger partial charge in [0.2, 0.25) is 12.3 Å². The second kappa shape index (κ2) is 11.1. The molecule has 0 fully saturated rings. The van der Waals surface area contributed by atoms with Gasteiger partial charge in [-0.2, -0.15) is 0 Å². The Morgan fingerprint density at radius 2 is 1.89 bits per heavy atom. The normalized spacial score (nSPS) is 10.2. The number of hydrogen-bond acceptors (Lipinski definition) is 4. The molecule has 0 bridgehead atoms. The summed E-state index contributed by atoms with van der Waals surface area (Å²) in [5, 5.41) is 2.44. The molecule has 0 atom stereocenters. The summed E-state index contributed by atoms with van der Waals surface area (Å²) in [6, 6.07) is 0. The smallest absolute Gasteiger partial charge is 0.252 e. The molecule has 0 aromatic rings. The number of hydrogen-bond donors (Lipinski definition) is 1. The summed E-state index contributed by atoms with van der Waals surface area (Å²) in [4.78, 5) is 44.3. The molecule has 0 heterocycles. The van der Waals surface area contributed by atoms with Gasteiger partial charge in [-0.3, -0.25) is 19.3 Å². The number of unbranched alkanes of at least 4 members (excludes halogenated alkanes) is 2. The van der Waals surface area contributed by atoms with E-state index < -0.39 is 0 Å². The fraction of sp³-hybridized carbons (Fsp3) is 0.538. The molecule has 1 N–H and O–H groups in total. The van der Waals surface area contributed by atoms with Crippen LogP contribution in [-0.4, -0.2) is 42.5 Å². The van der Waals surface area contributed by atoms with Crippen LogP contribution < -0.4 is 5.32 Å². The molecule has 0 aromatic heterocycles. The van der Waals surface area contributed by atoms with Crippen LogP contribution in [0.4, 0.5) is 0 Å². The predicted molar refractivity (Wildman–Crippen MR) is 70.1 cm³/mol. The van der Waals surface area contributed by atoms with Gasteiger partial charge in [0, 0.05) is 13.0 Å². The van der Waals surface area contributed by atoms with E-state index in [2.05, 4.69) is 5.32 Å². The van der Waals surface area contributed by atoms with Crippen LogP contribution in [0.15, 0.2) is 12.2 Å². The third-order valence-electron chi connectivity index (χ3n) is 2.40. The van der Waals surface area contributed by atoms with E-state index in [1.54, 1.807) is 13.0 Å². The highest BCUT2D eigenvalue weighted by Gasteiger charge is 2.08. The van der Waals surface area contributed by atoms with E-state index in [1.807, 2.05) is 0 Å². The van der Waals surface area contributed by atoms with Crippen molar-refractivity contribution in [2.24, 2.45) is 0 Å². The molecule has 0 saturated heterocycles. The Bertz CT molecular complexity index is 340. The van der Waals surface area contributed by atoms with E-state index in [0.717, 1.165) is 11.3 Å². The maximum Gasteiger partial charge on any atom is 0.252 e. The largest absolute Gasteiger partial charge is 0.349 e. The van der Waals surface area contributed by atoms with Gasteiger partial charge in [-0.1, -0.05) is 12.5 Å². The first-order chi connectivity index (χ1) is 9.15. The Hall–Kier alpha value is -1.98. The minimum Gasteiger partial charge on any atom is -0.349 e. The number of nitrogens with zero attached hydrogens (tertiary/aromatic N) is 1. The van der Waals surface area contributed by atoms with Crippen molar-refractivity contribution < 1.29 is 19.2 Å². The zero-order valence-corrected chi connectivity index (χ0v) is 11.1. The van der Waals surface area contributed by atoms with Crippen LogP contribution in [0.5, 0.6) is 0 Å². The third-order valence-corrected chi connectivity index (χ3v) is 2.40. The van der Waals surface area contributed by atoms with Gasteiger partial charge >= 0.3 is 0 Å². The predicted octanol–water partition coefficient (Wildman–Crippen LogP) is 0.423. The van der Waals surface area contributed by atoms with Crippen molar-refractivity contribution in [3.05, 3.63) is 12.2 Å². The molecule has 0 aliphatic rings. The highest BCUT2D eigenvalue weighted by molar-refractivity contribution is 5.94. The number of rotatable bonds is 10. The molecule has 106 valence electrons. The number of nitrogens with one attached hydrogen (secondary N) is 1. The molecule has 0 aromatic carbocycles. The first-order valence-electron chi connectivity index (χ1n) is 6.24. The van der Waals surface area contributed by atoms with Crippen LogP contribution in [0.2, 0.25) is 0 Å². The number of amides is 3. The van der Waals surface area contributed by atoms with E-state index in [0.29, 0.717) is 38.5 Å². The molecular formula is C13H20N2O4. The molecule has 0 unspecified atom stereocenters. The van der Waals surface area contributed by atoms with Crippen LogP contribution in [0.3, 0.4) is 0 Å². The summed E-state index contributed by atoms with van der Waals surface area (Å²) in [6.45, 7) is 2.09. The number of aldehydes is 1. The van der Waals surface area contributed by atoms with Gasteiger partial charge < -0.3 is 10.1 Å². The molecule has 3 amide bonds. The van der Waals surface area contributed by atoms with E-state index in [-0.39, 0.29) is 18.4 Å². The van der Waals surface area contributed by atoms with Gasteiger partial charge in [-0.25, -0.2) is 0 Å². The monoisotopic (exact) mass is 268 g/mol.